The lowest BCUT2D eigenvalue weighted by atomic mass is 10.1. The van der Waals surface area contributed by atoms with Crippen molar-refractivity contribution in [2.24, 2.45) is 5.92 Å². The van der Waals surface area contributed by atoms with Crippen LogP contribution in [0.15, 0.2) is 6.20 Å². The van der Waals surface area contributed by atoms with Gasteiger partial charge in [0.25, 0.3) is 5.91 Å². The molecule has 0 bridgehead atoms. The highest BCUT2D eigenvalue weighted by atomic mass is 35.5. The predicted octanol–water partition coefficient (Wildman–Crippen LogP) is 1.92. The quantitative estimate of drug-likeness (QED) is 0.809. The molecule has 0 spiro atoms. The van der Waals surface area contributed by atoms with E-state index in [-0.39, 0.29) is 11.9 Å². The Labute approximate surface area is 98.2 Å². The number of hydrogen-bond acceptors (Lipinski definition) is 4. The average Bonchev–Trinajstić information content (AvgIpc) is 2.68. The van der Waals surface area contributed by atoms with E-state index in [2.05, 4.69) is 28.8 Å². The number of carbonyl (C=O) groups excluding carboxylic acids is 1. The summed E-state index contributed by atoms with van der Waals surface area (Å²) in [6, 6.07) is 0.0151. The molecule has 15 heavy (non-hydrogen) atoms. The van der Waals surface area contributed by atoms with Gasteiger partial charge in [0.05, 0.1) is 6.20 Å². The van der Waals surface area contributed by atoms with Crippen molar-refractivity contribution < 1.29 is 4.79 Å². The number of carbonyl (C=O) groups is 1. The first kappa shape index (κ1) is 12.4. The van der Waals surface area contributed by atoms with Gasteiger partial charge in [-0.2, -0.15) is 0 Å². The highest BCUT2D eigenvalue weighted by molar-refractivity contribution is 7.07. The maximum absolute atomic E-state index is 11.6. The number of nitrogens with one attached hydrogen (secondary N) is 1. The lowest BCUT2D eigenvalue weighted by Gasteiger charge is -2.17. The molecule has 0 fully saturated rings. The fraction of sp³-hybridized carbons (Fsp3) is 0.667. The average molecular weight is 248 g/mol. The monoisotopic (exact) mass is 247 g/mol. The van der Waals surface area contributed by atoms with Crippen LogP contribution >= 0.6 is 23.1 Å². The lowest BCUT2D eigenvalue weighted by Crippen LogP contribution is -2.36. The predicted molar refractivity (Wildman–Crippen MR) is 61.3 cm³/mol. The van der Waals surface area contributed by atoms with Gasteiger partial charge in [0, 0.05) is 11.9 Å². The smallest absolute Gasteiger partial charge is 0.264 e. The highest BCUT2D eigenvalue weighted by Gasteiger charge is 2.15. The zero-order valence-corrected chi connectivity index (χ0v) is 10.3. The highest BCUT2D eigenvalue weighted by Crippen LogP contribution is 2.08. The standard InChI is InChI=1S/C9H14ClN3OS/c1-6(2)3-7(4-10)12-9(14)8-5-11-13-15-8/h5-7H,3-4H2,1-2H3,(H,12,14). The van der Waals surface area contributed by atoms with Crippen LogP contribution in [-0.4, -0.2) is 27.4 Å². The largest absolute Gasteiger partial charge is 0.347 e. The summed E-state index contributed by atoms with van der Waals surface area (Å²) < 4.78 is 3.64. The number of alkyl halides is 1. The molecule has 4 nitrogen and oxygen atoms in total. The Balaban J connectivity index is 2.48. The topological polar surface area (TPSA) is 54.9 Å². The van der Waals surface area contributed by atoms with Crippen LogP contribution in [0.4, 0.5) is 0 Å². The number of amides is 1. The Kier molecular flexibility index (Phi) is 4.98. The first-order chi connectivity index (χ1) is 7.13. The van der Waals surface area contributed by atoms with Crippen LogP contribution in [0, 0.1) is 5.92 Å². The van der Waals surface area contributed by atoms with E-state index in [1.165, 1.54) is 6.20 Å². The summed E-state index contributed by atoms with van der Waals surface area (Å²) in [4.78, 5) is 12.1. The fourth-order valence-electron chi connectivity index (χ4n) is 1.25. The van der Waals surface area contributed by atoms with Crippen molar-refractivity contribution in [1.82, 2.24) is 14.9 Å². The van der Waals surface area contributed by atoms with Crippen molar-refractivity contribution in [1.29, 1.82) is 0 Å². The molecule has 0 radical (unpaired) electrons. The van der Waals surface area contributed by atoms with Crippen LogP contribution in [0.1, 0.15) is 29.9 Å². The lowest BCUT2D eigenvalue weighted by molar-refractivity contribution is 0.0940. The van der Waals surface area contributed by atoms with Crippen LogP contribution in [0.25, 0.3) is 0 Å². The second kappa shape index (κ2) is 6.02. The third-order valence-electron chi connectivity index (χ3n) is 1.86. The molecule has 0 aliphatic carbocycles. The minimum Gasteiger partial charge on any atom is -0.347 e. The minimum atomic E-state index is -0.142. The van der Waals surface area contributed by atoms with E-state index in [1.807, 2.05) is 0 Å². The molecule has 0 aliphatic rings. The van der Waals surface area contributed by atoms with Gasteiger partial charge in [0.1, 0.15) is 4.88 Å². The van der Waals surface area contributed by atoms with Gasteiger partial charge in [-0.05, 0) is 23.9 Å². The zero-order valence-electron chi connectivity index (χ0n) is 8.74. The summed E-state index contributed by atoms with van der Waals surface area (Å²) in [7, 11) is 0. The molecule has 1 rings (SSSR count). The molecule has 0 saturated carbocycles. The summed E-state index contributed by atoms with van der Waals surface area (Å²) in [5.41, 5.74) is 0. The van der Waals surface area contributed by atoms with E-state index in [9.17, 15) is 4.79 Å². The van der Waals surface area contributed by atoms with Crippen molar-refractivity contribution in [3.8, 4) is 0 Å². The number of aromatic nitrogens is 2. The van der Waals surface area contributed by atoms with Gasteiger partial charge >= 0.3 is 0 Å². The minimum absolute atomic E-state index is 0.0151. The molecule has 0 aromatic carbocycles. The van der Waals surface area contributed by atoms with E-state index < -0.39 is 0 Å². The molecule has 1 heterocycles. The number of halogens is 1. The molecule has 6 heteroatoms. The molecule has 1 unspecified atom stereocenters. The SMILES string of the molecule is CC(C)CC(CCl)NC(=O)c1cnns1. The van der Waals surface area contributed by atoms with Gasteiger partial charge in [0.15, 0.2) is 0 Å². The number of hydrogen-bond donors (Lipinski definition) is 1. The normalized spacial score (nSPS) is 12.8. The Morgan fingerprint density at radius 1 is 1.67 bits per heavy atom. The molecule has 0 saturated heterocycles. The van der Waals surface area contributed by atoms with Crippen molar-refractivity contribution in [3.63, 3.8) is 0 Å². The van der Waals surface area contributed by atoms with Gasteiger partial charge in [0.2, 0.25) is 0 Å². The fourth-order valence-corrected chi connectivity index (χ4v) is 1.87. The van der Waals surface area contributed by atoms with Crippen LogP contribution < -0.4 is 5.32 Å². The molecule has 1 aromatic rings. The summed E-state index contributed by atoms with van der Waals surface area (Å²) in [6.07, 6.45) is 2.34. The third-order valence-corrected chi connectivity index (χ3v) is 2.90. The Morgan fingerprint density at radius 3 is 2.87 bits per heavy atom. The summed E-state index contributed by atoms with van der Waals surface area (Å²) in [5, 5.41) is 6.47. The van der Waals surface area contributed by atoms with Gasteiger partial charge in [-0.15, -0.1) is 16.7 Å². The Hall–Kier alpha value is -0.680. The van der Waals surface area contributed by atoms with Crippen molar-refractivity contribution >= 4 is 29.0 Å². The maximum atomic E-state index is 11.6. The van der Waals surface area contributed by atoms with Gasteiger partial charge in [-0.25, -0.2) is 0 Å². The summed E-state index contributed by atoms with van der Waals surface area (Å²) >= 11 is 6.86. The number of rotatable bonds is 5. The van der Waals surface area contributed by atoms with Crippen LogP contribution in [0.2, 0.25) is 0 Å². The molecular formula is C9H14ClN3OS. The van der Waals surface area contributed by atoms with Gasteiger partial charge in [-0.1, -0.05) is 18.3 Å². The van der Waals surface area contributed by atoms with E-state index in [4.69, 9.17) is 11.6 Å². The van der Waals surface area contributed by atoms with Gasteiger partial charge < -0.3 is 5.32 Å². The van der Waals surface area contributed by atoms with Crippen molar-refractivity contribution in [3.05, 3.63) is 11.1 Å². The van der Waals surface area contributed by atoms with E-state index in [1.54, 1.807) is 0 Å². The second-order valence-electron chi connectivity index (χ2n) is 3.74. The third kappa shape index (κ3) is 4.13. The molecule has 0 aliphatic heterocycles. The first-order valence-corrected chi connectivity index (χ1v) is 6.08. The second-order valence-corrected chi connectivity index (χ2v) is 4.83. The van der Waals surface area contributed by atoms with Crippen molar-refractivity contribution in [2.45, 2.75) is 26.3 Å². The summed E-state index contributed by atoms with van der Waals surface area (Å²) in [6.45, 7) is 4.19. The van der Waals surface area contributed by atoms with Crippen LogP contribution in [-0.2, 0) is 0 Å². The molecule has 1 N–H and O–H groups in total. The Bertz CT molecular complexity index is 302. The maximum Gasteiger partial charge on any atom is 0.264 e. The van der Waals surface area contributed by atoms with Crippen molar-refractivity contribution in [2.75, 3.05) is 5.88 Å². The zero-order chi connectivity index (χ0) is 11.3. The molecule has 1 amide bonds. The Morgan fingerprint density at radius 2 is 2.40 bits per heavy atom. The molecular weight excluding hydrogens is 234 g/mol. The van der Waals surface area contributed by atoms with E-state index in [0.717, 1.165) is 18.0 Å². The number of nitrogens with zero attached hydrogens (tertiary/aromatic N) is 2. The van der Waals surface area contributed by atoms with E-state index in [0.29, 0.717) is 16.7 Å². The van der Waals surface area contributed by atoms with E-state index >= 15 is 0 Å². The summed E-state index contributed by atoms with van der Waals surface area (Å²) in [5.74, 6) is 0.792. The molecule has 1 atom stereocenters. The molecule has 1 aromatic heterocycles. The van der Waals surface area contributed by atoms with Gasteiger partial charge in [-0.3, -0.25) is 4.79 Å². The molecule has 84 valence electrons. The first-order valence-electron chi connectivity index (χ1n) is 4.77. The van der Waals surface area contributed by atoms with Crippen LogP contribution in [0.5, 0.6) is 0 Å². The van der Waals surface area contributed by atoms with Crippen LogP contribution in [0.3, 0.4) is 0 Å².